The van der Waals surface area contributed by atoms with E-state index in [9.17, 15) is 4.39 Å². The molecule has 0 aliphatic carbocycles. The molecule has 114 valence electrons. The highest BCUT2D eigenvalue weighted by molar-refractivity contribution is 6.31. The molecule has 0 aliphatic heterocycles. The molecule has 0 aromatic heterocycles. The van der Waals surface area contributed by atoms with Crippen LogP contribution < -0.4 is 5.32 Å². The molecule has 0 heterocycles. The fourth-order valence-corrected chi connectivity index (χ4v) is 2.67. The van der Waals surface area contributed by atoms with Gasteiger partial charge in [0.05, 0.1) is 6.10 Å². The van der Waals surface area contributed by atoms with Gasteiger partial charge in [-0.3, -0.25) is 0 Å². The Kier molecular flexibility index (Phi) is 7.49. The first-order valence-electron chi connectivity index (χ1n) is 7.19. The van der Waals surface area contributed by atoms with E-state index in [1.54, 1.807) is 13.2 Å². The molecule has 1 N–H and O–H groups in total. The van der Waals surface area contributed by atoms with Crippen LogP contribution in [0.1, 0.15) is 32.8 Å². The molecular weight excluding hydrogens is 277 g/mol. The zero-order valence-corrected chi connectivity index (χ0v) is 13.5. The van der Waals surface area contributed by atoms with Gasteiger partial charge in [-0.1, -0.05) is 32.4 Å². The van der Waals surface area contributed by atoms with Gasteiger partial charge < -0.3 is 10.1 Å². The van der Waals surface area contributed by atoms with Crippen molar-refractivity contribution >= 4 is 11.6 Å². The van der Waals surface area contributed by atoms with Gasteiger partial charge in [0.1, 0.15) is 5.82 Å². The second-order valence-electron chi connectivity index (χ2n) is 5.44. The first-order valence-corrected chi connectivity index (χ1v) is 7.57. The number of ether oxygens (including phenoxy) is 1. The molecule has 0 aliphatic rings. The quantitative estimate of drug-likeness (QED) is 0.782. The van der Waals surface area contributed by atoms with Crippen molar-refractivity contribution in [3.05, 3.63) is 34.6 Å². The van der Waals surface area contributed by atoms with Crippen LogP contribution in [0, 0.1) is 11.7 Å². The van der Waals surface area contributed by atoms with E-state index in [0.29, 0.717) is 17.4 Å². The van der Waals surface area contributed by atoms with Gasteiger partial charge in [0, 0.05) is 18.2 Å². The summed E-state index contributed by atoms with van der Waals surface area (Å²) < 4.78 is 19.0. The average Bonchev–Trinajstić information content (AvgIpc) is 2.40. The van der Waals surface area contributed by atoms with Crippen LogP contribution in [0.2, 0.25) is 5.02 Å². The molecule has 1 aromatic rings. The van der Waals surface area contributed by atoms with Crippen LogP contribution >= 0.6 is 11.6 Å². The summed E-state index contributed by atoms with van der Waals surface area (Å²) in [5.41, 5.74) is 0.822. The summed E-state index contributed by atoms with van der Waals surface area (Å²) in [5, 5.41) is 4.10. The zero-order valence-electron chi connectivity index (χ0n) is 12.7. The maximum absolute atomic E-state index is 13.4. The van der Waals surface area contributed by atoms with Crippen LogP contribution in [0.4, 0.5) is 4.39 Å². The molecule has 2 unspecified atom stereocenters. The van der Waals surface area contributed by atoms with Crippen molar-refractivity contribution in [1.82, 2.24) is 5.32 Å². The first kappa shape index (κ1) is 17.4. The summed E-state index contributed by atoms with van der Waals surface area (Å²) in [6.07, 6.45) is 1.77. The Morgan fingerprint density at radius 1 is 1.35 bits per heavy atom. The fourth-order valence-electron chi connectivity index (χ4n) is 2.47. The lowest BCUT2D eigenvalue weighted by molar-refractivity contribution is 0.0332. The molecule has 0 saturated carbocycles. The number of hydrogen-bond donors (Lipinski definition) is 1. The number of hydrogen-bond acceptors (Lipinski definition) is 2. The Morgan fingerprint density at radius 2 is 2.05 bits per heavy atom. The van der Waals surface area contributed by atoms with E-state index in [1.165, 1.54) is 12.1 Å². The highest BCUT2D eigenvalue weighted by Crippen LogP contribution is 2.22. The van der Waals surface area contributed by atoms with Gasteiger partial charge in [0.2, 0.25) is 0 Å². The van der Waals surface area contributed by atoms with Crippen molar-refractivity contribution < 1.29 is 9.13 Å². The molecule has 0 amide bonds. The summed E-state index contributed by atoms with van der Waals surface area (Å²) in [6.45, 7) is 7.28. The fraction of sp³-hybridized carbons (Fsp3) is 0.625. The highest BCUT2D eigenvalue weighted by atomic mass is 35.5. The molecule has 0 radical (unpaired) electrons. The third kappa shape index (κ3) is 5.04. The third-order valence-electron chi connectivity index (χ3n) is 3.43. The van der Waals surface area contributed by atoms with E-state index < -0.39 is 0 Å². The largest absolute Gasteiger partial charge is 0.380 e. The summed E-state index contributed by atoms with van der Waals surface area (Å²) >= 11 is 6.17. The van der Waals surface area contributed by atoms with Crippen LogP contribution in [0.5, 0.6) is 0 Å². The van der Waals surface area contributed by atoms with Crippen molar-refractivity contribution in [2.45, 2.75) is 45.8 Å². The minimum absolute atomic E-state index is 0.0703. The van der Waals surface area contributed by atoms with Gasteiger partial charge in [0.25, 0.3) is 0 Å². The molecule has 1 rings (SSSR count). The van der Waals surface area contributed by atoms with Crippen LogP contribution in [0.3, 0.4) is 0 Å². The molecule has 20 heavy (non-hydrogen) atoms. The maximum Gasteiger partial charge on any atom is 0.123 e. The molecular formula is C16H25ClFNO. The number of rotatable bonds is 8. The van der Waals surface area contributed by atoms with Gasteiger partial charge >= 0.3 is 0 Å². The van der Waals surface area contributed by atoms with Crippen molar-refractivity contribution in [3.63, 3.8) is 0 Å². The zero-order chi connectivity index (χ0) is 15.1. The predicted octanol–water partition coefficient (Wildman–Crippen LogP) is 4.06. The van der Waals surface area contributed by atoms with E-state index in [-0.39, 0.29) is 18.0 Å². The van der Waals surface area contributed by atoms with Gasteiger partial charge in [-0.2, -0.15) is 0 Å². The Morgan fingerprint density at radius 3 is 2.60 bits per heavy atom. The highest BCUT2D eigenvalue weighted by Gasteiger charge is 2.24. The van der Waals surface area contributed by atoms with Crippen molar-refractivity contribution in [2.75, 3.05) is 13.7 Å². The van der Waals surface area contributed by atoms with Crippen molar-refractivity contribution in [3.8, 4) is 0 Å². The molecule has 0 fully saturated rings. The maximum atomic E-state index is 13.4. The van der Waals surface area contributed by atoms with E-state index in [4.69, 9.17) is 16.3 Å². The SMILES string of the molecule is CCCNC(Cc1cc(F)ccc1Cl)C(OC)C(C)C. The Labute approximate surface area is 126 Å². The van der Waals surface area contributed by atoms with Gasteiger partial charge in [-0.25, -0.2) is 4.39 Å². The Hall–Kier alpha value is -0.640. The molecule has 0 bridgehead atoms. The van der Waals surface area contributed by atoms with E-state index in [0.717, 1.165) is 18.5 Å². The minimum Gasteiger partial charge on any atom is -0.380 e. The van der Waals surface area contributed by atoms with Crippen LogP contribution in [-0.2, 0) is 11.2 Å². The summed E-state index contributed by atoms with van der Waals surface area (Å²) in [4.78, 5) is 0. The predicted molar refractivity (Wildman–Crippen MR) is 82.8 cm³/mol. The number of halogens is 2. The molecule has 0 spiro atoms. The summed E-state index contributed by atoms with van der Waals surface area (Å²) in [5.74, 6) is 0.124. The van der Waals surface area contributed by atoms with Crippen LogP contribution in [0.15, 0.2) is 18.2 Å². The third-order valence-corrected chi connectivity index (χ3v) is 3.80. The summed E-state index contributed by atoms with van der Waals surface area (Å²) in [6, 6.07) is 4.63. The molecule has 1 aromatic carbocycles. The average molecular weight is 302 g/mol. The summed E-state index contributed by atoms with van der Waals surface area (Å²) in [7, 11) is 1.72. The number of benzene rings is 1. The first-order chi connectivity index (χ1) is 9.49. The minimum atomic E-state index is -0.253. The van der Waals surface area contributed by atoms with E-state index in [1.807, 2.05) is 0 Å². The van der Waals surface area contributed by atoms with Crippen LogP contribution in [-0.4, -0.2) is 25.8 Å². The lowest BCUT2D eigenvalue weighted by atomic mass is 9.93. The lowest BCUT2D eigenvalue weighted by Gasteiger charge is -2.30. The Balaban J connectivity index is 2.90. The lowest BCUT2D eigenvalue weighted by Crippen LogP contribution is -2.45. The Bertz CT molecular complexity index is 411. The van der Waals surface area contributed by atoms with E-state index in [2.05, 4.69) is 26.1 Å². The molecule has 2 atom stereocenters. The number of nitrogens with one attached hydrogen (secondary N) is 1. The van der Waals surface area contributed by atoms with Crippen LogP contribution in [0.25, 0.3) is 0 Å². The van der Waals surface area contributed by atoms with Gasteiger partial charge in [-0.05, 0) is 49.1 Å². The van der Waals surface area contributed by atoms with Gasteiger partial charge in [-0.15, -0.1) is 0 Å². The molecule has 0 saturated heterocycles. The smallest absolute Gasteiger partial charge is 0.123 e. The number of methoxy groups -OCH3 is 1. The molecule has 2 nitrogen and oxygen atoms in total. The second-order valence-corrected chi connectivity index (χ2v) is 5.85. The van der Waals surface area contributed by atoms with Gasteiger partial charge in [0.15, 0.2) is 0 Å². The topological polar surface area (TPSA) is 21.3 Å². The second kappa shape index (κ2) is 8.60. The standard InChI is InChI=1S/C16H25ClFNO/c1-5-8-19-15(16(20-4)11(2)3)10-12-9-13(18)6-7-14(12)17/h6-7,9,11,15-16,19H,5,8,10H2,1-4H3. The van der Waals surface area contributed by atoms with E-state index >= 15 is 0 Å². The normalized spacial score (nSPS) is 14.6. The molecule has 4 heteroatoms. The van der Waals surface area contributed by atoms with Crippen molar-refractivity contribution in [2.24, 2.45) is 5.92 Å². The monoisotopic (exact) mass is 301 g/mol. The van der Waals surface area contributed by atoms with Crippen molar-refractivity contribution in [1.29, 1.82) is 0 Å².